The number of nitrogens with one attached hydrogen (secondary N) is 2. The van der Waals surface area contributed by atoms with Crippen molar-refractivity contribution in [2.24, 2.45) is 0 Å². The van der Waals surface area contributed by atoms with Crippen LogP contribution in [0.3, 0.4) is 0 Å². The second kappa shape index (κ2) is 12.7. The Morgan fingerprint density at radius 3 is 2.21 bits per heavy atom. The number of likely N-dealkylation sites (N-methyl/N-ethyl adjacent to an activating group) is 1. The van der Waals surface area contributed by atoms with Crippen molar-refractivity contribution in [3.63, 3.8) is 0 Å². The maximum Gasteiger partial charge on any atom is 0.416 e. The monoisotopic (exact) mass is 641 g/mol. The van der Waals surface area contributed by atoms with Gasteiger partial charge < -0.3 is 15.2 Å². The average Bonchev–Trinajstić information content (AvgIpc) is 3.36. The average molecular weight is 642 g/mol. The quantitative estimate of drug-likeness (QED) is 0.151. The fourth-order valence-corrected chi connectivity index (χ4v) is 4.71. The van der Waals surface area contributed by atoms with Crippen molar-refractivity contribution in [3.05, 3.63) is 117 Å². The summed E-state index contributed by atoms with van der Waals surface area (Å²) in [7, 11) is 1.24. The van der Waals surface area contributed by atoms with Gasteiger partial charge in [0.2, 0.25) is 5.91 Å². The van der Waals surface area contributed by atoms with Gasteiger partial charge in [0.1, 0.15) is 0 Å². The van der Waals surface area contributed by atoms with Crippen LogP contribution in [-0.4, -0.2) is 34.8 Å². The summed E-state index contributed by atoms with van der Waals surface area (Å²) in [5.41, 5.74) is -1.87. The molecule has 0 fully saturated rings. The van der Waals surface area contributed by atoms with Gasteiger partial charge in [-0.2, -0.15) is 26.3 Å². The predicted octanol–water partition coefficient (Wildman–Crippen LogP) is 8.07. The molecule has 3 aromatic carbocycles. The number of para-hydroxylation sites is 1. The van der Waals surface area contributed by atoms with Gasteiger partial charge in [-0.1, -0.05) is 53.5 Å². The molecule has 0 saturated carbocycles. The smallest absolute Gasteiger partial charge is 0.361 e. The fourth-order valence-electron chi connectivity index (χ4n) is 4.39. The summed E-state index contributed by atoms with van der Waals surface area (Å²) in [6, 6.07) is 11.8. The van der Waals surface area contributed by atoms with Crippen LogP contribution in [0.2, 0.25) is 10.0 Å². The molecule has 1 heterocycles. The summed E-state index contributed by atoms with van der Waals surface area (Å²) in [4.78, 5) is 30.1. The van der Waals surface area contributed by atoms with Crippen LogP contribution in [0.5, 0.6) is 0 Å². The van der Waals surface area contributed by atoms with Crippen molar-refractivity contribution in [1.82, 2.24) is 15.2 Å². The third kappa shape index (κ3) is 7.91. The zero-order chi connectivity index (χ0) is 31.5. The lowest BCUT2D eigenvalue weighted by atomic mass is 10.0. The van der Waals surface area contributed by atoms with Gasteiger partial charge in [-0.15, -0.1) is 0 Å². The van der Waals surface area contributed by atoms with Crippen molar-refractivity contribution in [2.75, 3.05) is 7.05 Å². The van der Waals surface area contributed by atoms with Crippen molar-refractivity contribution < 1.29 is 35.9 Å². The molecule has 0 aliphatic heterocycles. The highest BCUT2D eigenvalue weighted by Gasteiger charge is 2.38. The number of benzene rings is 3. The summed E-state index contributed by atoms with van der Waals surface area (Å²) >= 11 is 11.9. The highest BCUT2D eigenvalue weighted by molar-refractivity contribution is 6.42. The molecule has 2 amide bonds. The molecule has 4 rings (SSSR count). The van der Waals surface area contributed by atoms with Gasteiger partial charge in [0.05, 0.1) is 27.2 Å². The van der Waals surface area contributed by atoms with Crippen LogP contribution < -0.4 is 5.32 Å². The predicted molar refractivity (Wildman–Crippen MR) is 152 cm³/mol. The van der Waals surface area contributed by atoms with Crippen molar-refractivity contribution in [2.45, 2.75) is 31.4 Å². The van der Waals surface area contributed by atoms with Crippen LogP contribution in [0, 0.1) is 0 Å². The Hall–Kier alpha value is -3.96. The fraction of sp³-hybridized carbons (Fsp3) is 0.200. The summed E-state index contributed by atoms with van der Waals surface area (Å²) < 4.78 is 80.6. The molecule has 0 bridgehead atoms. The van der Waals surface area contributed by atoms with Gasteiger partial charge in [-0.05, 0) is 53.9 Å². The Labute approximate surface area is 252 Å². The van der Waals surface area contributed by atoms with Crippen LogP contribution in [0.1, 0.15) is 32.6 Å². The minimum atomic E-state index is -5.12. The number of H-pyrrole nitrogens is 1. The zero-order valence-corrected chi connectivity index (χ0v) is 23.8. The first-order valence-electron chi connectivity index (χ1n) is 12.6. The second-order valence-electron chi connectivity index (χ2n) is 9.67. The van der Waals surface area contributed by atoms with E-state index in [9.17, 15) is 35.9 Å². The molecule has 0 saturated heterocycles. The lowest BCUT2D eigenvalue weighted by molar-refractivity contribution is -0.143. The van der Waals surface area contributed by atoms with Gasteiger partial charge in [0.15, 0.2) is 0 Å². The lowest BCUT2D eigenvalue weighted by Crippen LogP contribution is -2.38. The lowest BCUT2D eigenvalue weighted by Gasteiger charge is -2.27. The van der Waals surface area contributed by atoms with Crippen molar-refractivity contribution in [1.29, 1.82) is 0 Å². The first-order valence-corrected chi connectivity index (χ1v) is 13.4. The maximum atomic E-state index is 13.4. The van der Waals surface area contributed by atoms with Crippen molar-refractivity contribution in [3.8, 4) is 0 Å². The van der Waals surface area contributed by atoms with Crippen LogP contribution in [0.4, 0.5) is 26.3 Å². The molecule has 0 radical (unpaired) electrons. The van der Waals surface area contributed by atoms with Gasteiger partial charge >= 0.3 is 12.4 Å². The van der Waals surface area contributed by atoms with Crippen LogP contribution in [0.15, 0.2) is 79.0 Å². The molecule has 1 unspecified atom stereocenters. The third-order valence-electron chi connectivity index (χ3n) is 6.68. The van der Waals surface area contributed by atoms with Gasteiger partial charge in [-0.25, -0.2) is 0 Å². The van der Waals surface area contributed by atoms with Gasteiger partial charge in [-0.3, -0.25) is 9.59 Å². The Morgan fingerprint density at radius 2 is 1.58 bits per heavy atom. The van der Waals surface area contributed by atoms with E-state index in [-0.39, 0.29) is 19.0 Å². The number of aromatic amines is 1. The number of carbonyl (C=O) groups is 2. The molecular weight excluding hydrogens is 619 g/mol. The van der Waals surface area contributed by atoms with E-state index in [0.29, 0.717) is 33.3 Å². The summed E-state index contributed by atoms with van der Waals surface area (Å²) in [6.07, 6.45) is -5.96. The van der Waals surface area contributed by atoms with Gasteiger partial charge in [0.25, 0.3) is 5.91 Å². The highest BCUT2D eigenvalue weighted by atomic mass is 35.5. The van der Waals surface area contributed by atoms with E-state index >= 15 is 0 Å². The molecule has 0 aliphatic rings. The van der Waals surface area contributed by atoms with Crippen LogP contribution in [-0.2, 0) is 30.1 Å². The van der Waals surface area contributed by atoms with Crippen LogP contribution in [0.25, 0.3) is 10.9 Å². The Kier molecular flexibility index (Phi) is 9.46. The van der Waals surface area contributed by atoms with E-state index in [4.69, 9.17) is 23.2 Å². The maximum absolute atomic E-state index is 13.4. The third-order valence-corrected chi connectivity index (χ3v) is 7.42. The first-order chi connectivity index (χ1) is 20.1. The largest absolute Gasteiger partial charge is 0.416 e. The number of amides is 2. The number of halogens is 8. The number of alkyl halides is 6. The normalized spacial score (nSPS) is 13.0. The molecule has 13 heteroatoms. The molecule has 4 aromatic rings. The molecule has 2 N–H and O–H groups in total. The molecule has 5 nitrogen and oxygen atoms in total. The molecule has 0 spiro atoms. The zero-order valence-electron chi connectivity index (χ0n) is 22.3. The second-order valence-corrected chi connectivity index (χ2v) is 10.5. The van der Waals surface area contributed by atoms with Crippen molar-refractivity contribution >= 4 is 45.9 Å². The molecular formula is C30H23Cl2F6N3O2. The molecule has 43 heavy (non-hydrogen) atoms. The van der Waals surface area contributed by atoms with E-state index in [0.717, 1.165) is 21.9 Å². The topological polar surface area (TPSA) is 65.2 Å². The molecule has 226 valence electrons. The number of fused-ring (bicyclic) bond motifs is 1. The molecule has 1 atom stereocenters. The molecule has 1 aromatic heterocycles. The number of hydrogen-bond donors (Lipinski definition) is 2. The number of hydrogen-bond acceptors (Lipinski definition) is 2. The first kappa shape index (κ1) is 32.0. The number of aromatic nitrogens is 1. The summed E-state index contributed by atoms with van der Waals surface area (Å²) in [5.74, 6) is -1.66. The highest BCUT2D eigenvalue weighted by Crippen LogP contribution is 2.36. The summed E-state index contributed by atoms with van der Waals surface area (Å²) in [5, 5.41) is 4.08. The van der Waals surface area contributed by atoms with E-state index in [2.05, 4.69) is 10.3 Å². The van der Waals surface area contributed by atoms with E-state index in [1.54, 1.807) is 36.5 Å². The standard InChI is InChI=1S/C30H23Cl2F6N3O2/c1-41(28(43)18-11-20(29(33,34)35)14-21(12-18)30(36,37)38)22(13-19-16-39-26-5-3-2-4-23(19)26)7-9-27(42)40-15-17-6-8-24(31)25(32)10-17/h2-12,14,16,22,39H,13,15H2,1H3,(H,40,42). The van der Waals surface area contributed by atoms with E-state index in [1.807, 2.05) is 12.1 Å². The Morgan fingerprint density at radius 1 is 0.930 bits per heavy atom. The Balaban J connectivity index is 1.63. The minimum absolute atomic E-state index is 0.0433. The van der Waals surface area contributed by atoms with E-state index < -0.39 is 46.9 Å². The number of nitrogens with zero attached hydrogens (tertiary/aromatic N) is 1. The number of rotatable bonds is 8. The SMILES string of the molecule is CN(C(=O)c1cc(C(F)(F)F)cc(C(F)(F)F)c1)C(C=CC(=O)NCc1ccc(Cl)c(Cl)c1)Cc1c[nH]c2ccccc12. The number of carbonyl (C=O) groups excluding carboxylic acids is 2. The van der Waals surface area contributed by atoms with Crippen LogP contribution >= 0.6 is 23.2 Å². The van der Waals surface area contributed by atoms with Gasteiger partial charge in [0, 0.05) is 42.3 Å². The Bertz CT molecular complexity index is 1650. The summed E-state index contributed by atoms with van der Waals surface area (Å²) in [6.45, 7) is 0.0897. The molecule has 0 aliphatic carbocycles. The minimum Gasteiger partial charge on any atom is -0.361 e. The van der Waals surface area contributed by atoms with E-state index in [1.165, 1.54) is 13.1 Å².